The lowest BCUT2D eigenvalue weighted by Gasteiger charge is -2.06. The van der Waals surface area contributed by atoms with E-state index in [1.165, 1.54) is 6.21 Å². The smallest absolute Gasteiger partial charge is 0.294 e. The van der Waals surface area contributed by atoms with Crippen LogP contribution in [0.1, 0.15) is 5.56 Å². The third-order valence-corrected chi connectivity index (χ3v) is 3.74. The topological polar surface area (TPSA) is 111 Å². The summed E-state index contributed by atoms with van der Waals surface area (Å²) in [5, 5.41) is 16.6. The monoisotopic (exact) mass is 351 g/mol. The molecule has 0 aliphatic heterocycles. The highest BCUT2D eigenvalue weighted by Crippen LogP contribution is 2.19. The van der Waals surface area contributed by atoms with Crippen LogP contribution in [0.15, 0.2) is 58.5 Å². The number of hydrazone groups is 1. The second-order valence-corrected chi connectivity index (χ2v) is 6.22. The second-order valence-electron chi connectivity index (χ2n) is 4.39. The van der Waals surface area contributed by atoms with Crippen molar-refractivity contribution in [3.8, 4) is 5.75 Å². The van der Waals surface area contributed by atoms with Gasteiger partial charge in [0.2, 0.25) is 0 Å². The normalized spacial score (nSPS) is 11.3. The summed E-state index contributed by atoms with van der Waals surface area (Å²) in [5.74, 6) is -0.190. The minimum atomic E-state index is -4.36. The Hall–Kier alpha value is -2.49. The van der Waals surface area contributed by atoms with Crippen LogP contribution in [0.3, 0.4) is 0 Å². The van der Waals surface area contributed by atoms with Crippen molar-refractivity contribution in [2.24, 2.45) is 5.10 Å². The third kappa shape index (κ3) is 5.02. The molecule has 0 aromatic heterocycles. The molecule has 0 saturated heterocycles. The maximum Gasteiger partial charge on any atom is 0.294 e. The van der Waals surface area contributed by atoms with E-state index in [2.05, 4.69) is 15.8 Å². The summed E-state index contributed by atoms with van der Waals surface area (Å²) >= 11 is 5.03. The Kier molecular flexibility index (Phi) is 5.27. The number of anilines is 1. The van der Waals surface area contributed by atoms with Gasteiger partial charge in [-0.1, -0.05) is 18.2 Å². The Morgan fingerprint density at radius 3 is 2.52 bits per heavy atom. The molecule has 0 unspecified atom stereocenters. The molecule has 7 nitrogen and oxygen atoms in total. The highest BCUT2D eigenvalue weighted by molar-refractivity contribution is 7.85. The van der Waals surface area contributed by atoms with E-state index in [0.29, 0.717) is 0 Å². The van der Waals surface area contributed by atoms with E-state index in [1.807, 2.05) is 30.3 Å². The van der Waals surface area contributed by atoms with Gasteiger partial charge in [0.05, 0.1) is 11.1 Å². The molecule has 0 fully saturated rings. The minimum absolute atomic E-state index is 0.107. The standard InChI is InChI=1S/C14H13N3O4S2/c18-13-7-6-12(23(19,20)21)8-10(13)9-15-17-14(22)16-11-4-2-1-3-5-11/h1-9,18H,(H2,16,17,22)(H,19,20,21)/b15-9-. The summed E-state index contributed by atoms with van der Waals surface area (Å²) in [6.07, 6.45) is 1.18. The van der Waals surface area contributed by atoms with Gasteiger partial charge in [-0.2, -0.15) is 13.5 Å². The van der Waals surface area contributed by atoms with Crippen molar-refractivity contribution < 1.29 is 18.1 Å². The number of nitrogens with one attached hydrogen (secondary N) is 2. The zero-order valence-electron chi connectivity index (χ0n) is 11.7. The lowest BCUT2D eigenvalue weighted by atomic mass is 10.2. The molecule has 23 heavy (non-hydrogen) atoms. The molecular weight excluding hydrogens is 338 g/mol. The zero-order chi connectivity index (χ0) is 16.9. The lowest BCUT2D eigenvalue weighted by Crippen LogP contribution is -2.23. The molecule has 0 saturated carbocycles. The van der Waals surface area contributed by atoms with Gasteiger partial charge < -0.3 is 10.4 Å². The molecule has 0 aliphatic rings. The fraction of sp³-hybridized carbons (Fsp3) is 0. The minimum Gasteiger partial charge on any atom is -0.507 e. The number of para-hydroxylation sites is 1. The fourth-order valence-electron chi connectivity index (χ4n) is 1.64. The third-order valence-electron chi connectivity index (χ3n) is 2.70. The van der Waals surface area contributed by atoms with Crippen LogP contribution in [0.2, 0.25) is 0 Å². The first kappa shape index (κ1) is 16.9. The van der Waals surface area contributed by atoms with Gasteiger partial charge in [-0.3, -0.25) is 9.98 Å². The fourth-order valence-corrected chi connectivity index (χ4v) is 2.32. The summed E-state index contributed by atoms with van der Waals surface area (Å²) in [4.78, 5) is -0.346. The van der Waals surface area contributed by atoms with Crippen LogP contribution < -0.4 is 10.7 Å². The summed E-state index contributed by atoms with van der Waals surface area (Å²) in [6.45, 7) is 0. The number of phenols is 1. The predicted octanol–water partition coefficient (Wildman–Crippen LogP) is 1.96. The van der Waals surface area contributed by atoms with Crippen molar-refractivity contribution in [2.75, 3.05) is 5.32 Å². The number of aromatic hydroxyl groups is 1. The number of phenolic OH excluding ortho intramolecular Hbond substituents is 1. The molecule has 4 N–H and O–H groups in total. The van der Waals surface area contributed by atoms with E-state index in [0.717, 1.165) is 23.9 Å². The number of rotatable bonds is 4. The molecular formula is C14H13N3O4S2. The summed E-state index contributed by atoms with van der Waals surface area (Å²) in [7, 11) is -4.36. The van der Waals surface area contributed by atoms with Crippen LogP contribution in [0.4, 0.5) is 5.69 Å². The predicted molar refractivity (Wildman–Crippen MR) is 91.3 cm³/mol. The van der Waals surface area contributed by atoms with Gasteiger partial charge in [-0.15, -0.1) is 0 Å². The van der Waals surface area contributed by atoms with Crippen molar-refractivity contribution in [2.45, 2.75) is 4.90 Å². The maximum absolute atomic E-state index is 11.1. The number of hydrogen-bond donors (Lipinski definition) is 4. The van der Waals surface area contributed by atoms with E-state index < -0.39 is 10.1 Å². The molecule has 0 spiro atoms. The highest BCUT2D eigenvalue weighted by Gasteiger charge is 2.11. The Morgan fingerprint density at radius 2 is 1.87 bits per heavy atom. The van der Waals surface area contributed by atoms with Crippen molar-refractivity contribution in [3.63, 3.8) is 0 Å². The van der Waals surface area contributed by atoms with Gasteiger partial charge in [-0.25, -0.2) is 0 Å². The van der Waals surface area contributed by atoms with Crippen LogP contribution in [0.25, 0.3) is 0 Å². The highest BCUT2D eigenvalue weighted by atomic mass is 32.2. The van der Waals surface area contributed by atoms with Crippen LogP contribution in [-0.2, 0) is 10.1 Å². The van der Waals surface area contributed by atoms with Crippen LogP contribution in [-0.4, -0.2) is 29.4 Å². The van der Waals surface area contributed by atoms with E-state index in [1.54, 1.807) is 0 Å². The Labute approximate surface area is 138 Å². The van der Waals surface area contributed by atoms with Gasteiger partial charge in [0, 0.05) is 11.3 Å². The van der Waals surface area contributed by atoms with Crippen molar-refractivity contribution in [3.05, 3.63) is 54.1 Å². The number of nitrogens with zero attached hydrogens (tertiary/aromatic N) is 1. The molecule has 2 aromatic rings. The number of benzene rings is 2. The average Bonchev–Trinajstić information content (AvgIpc) is 2.49. The zero-order valence-corrected chi connectivity index (χ0v) is 13.3. The van der Waals surface area contributed by atoms with Crippen molar-refractivity contribution in [1.82, 2.24) is 5.43 Å². The van der Waals surface area contributed by atoms with E-state index in [-0.39, 0.29) is 21.3 Å². The van der Waals surface area contributed by atoms with Gasteiger partial charge in [-0.05, 0) is 42.5 Å². The quantitative estimate of drug-likeness (QED) is 0.288. The Balaban J connectivity index is 2.04. The van der Waals surface area contributed by atoms with E-state index in [9.17, 15) is 13.5 Å². The second kappa shape index (κ2) is 7.18. The van der Waals surface area contributed by atoms with Gasteiger partial charge in [0.15, 0.2) is 5.11 Å². The Bertz CT molecular complexity index is 836. The van der Waals surface area contributed by atoms with Gasteiger partial charge in [0.1, 0.15) is 5.75 Å². The van der Waals surface area contributed by atoms with E-state index in [4.69, 9.17) is 16.8 Å². The summed E-state index contributed by atoms with van der Waals surface area (Å²) < 4.78 is 31.1. The maximum atomic E-state index is 11.1. The first-order valence-corrected chi connectivity index (χ1v) is 8.17. The van der Waals surface area contributed by atoms with Gasteiger partial charge >= 0.3 is 0 Å². The van der Waals surface area contributed by atoms with Crippen LogP contribution >= 0.6 is 12.2 Å². The average molecular weight is 351 g/mol. The van der Waals surface area contributed by atoms with Crippen LogP contribution in [0, 0.1) is 0 Å². The molecule has 120 valence electrons. The molecule has 0 heterocycles. The molecule has 0 radical (unpaired) electrons. The molecule has 2 aromatic carbocycles. The lowest BCUT2D eigenvalue weighted by molar-refractivity contribution is 0.472. The molecule has 0 amide bonds. The number of hydrogen-bond acceptors (Lipinski definition) is 5. The van der Waals surface area contributed by atoms with Gasteiger partial charge in [0.25, 0.3) is 10.1 Å². The summed E-state index contributed by atoms with van der Waals surface area (Å²) in [6, 6.07) is 12.5. The SMILES string of the molecule is O=S(=O)(O)c1ccc(O)c(/C=N\NC(=S)Nc2ccccc2)c1. The first-order valence-electron chi connectivity index (χ1n) is 6.32. The van der Waals surface area contributed by atoms with E-state index >= 15 is 0 Å². The van der Waals surface area contributed by atoms with Crippen molar-refractivity contribution >= 4 is 39.4 Å². The summed E-state index contributed by atoms with van der Waals surface area (Å²) in [5.41, 5.74) is 3.41. The number of thiocarbonyl (C=S) groups is 1. The molecule has 0 atom stereocenters. The molecule has 0 bridgehead atoms. The largest absolute Gasteiger partial charge is 0.507 e. The van der Waals surface area contributed by atoms with Crippen molar-refractivity contribution in [1.29, 1.82) is 0 Å². The first-order chi connectivity index (χ1) is 10.9. The molecule has 0 aliphatic carbocycles. The Morgan fingerprint density at radius 1 is 1.17 bits per heavy atom. The van der Waals surface area contributed by atoms with Crippen LogP contribution in [0.5, 0.6) is 5.75 Å². The molecule has 2 rings (SSSR count). The molecule has 9 heteroatoms.